The minimum absolute atomic E-state index is 0.162. The zero-order valence-corrected chi connectivity index (χ0v) is 38.5. The van der Waals surface area contributed by atoms with Gasteiger partial charge in [0.2, 0.25) is 0 Å². The molecule has 60 heavy (non-hydrogen) atoms. The summed E-state index contributed by atoms with van der Waals surface area (Å²) in [5.41, 5.74) is 35.5. The third-order valence-electron chi connectivity index (χ3n) is 10.5. The first kappa shape index (κ1) is 55.8. The monoisotopic (exact) mass is 845 g/mol. The molecule has 14 N–H and O–H groups in total. The number of allylic oxidation sites excluding steroid dienone is 2. The highest BCUT2D eigenvalue weighted by atomic mass is 16.2. The fourth-order valence-corrected chi connectivity index (χ4v) is 6.73. The van der Waals surface area contributed by atoms with Gasteiger partial charge in [-0.25, -0.2) is 4.79 Å². The number of nitrogens with one attached hydrogen (secondary N) is 2. The Morgan fingerprint density at radius 3 is 0.883 bits per heavy atom. The fourth-order valence-electron chi connectivity index (χ4n) is 6.73. The number of hydrogen-bond donors (Lipinski definition) is 8. The zero-order valence-electron chi connectivity index (χ0n) is 38.5. The Balaban J connectivity index is 5.19. The van der Waals surface area contributed by atoms with Gasteiger partial charge in [-0.05, 0) is 64.2 Å². The van der Waals surface area contributed by atoms with Crippen molar-refractivity contribution >= 4 is 29.9 Å². The summed E-state index contributed by atoms with van der Waals surface area (Å²) in [4.78, 5) is 35.7. The lowest BCUT2D eigenvalue weighted by molar-refractivity contribution is 0.148. The highest BCUT2D eigenvalue weighted by Crippen LogP contribution is 2.15. The van der Waals surface area contributed by atoms with Gasteiger partial charge in [-0.2, -0.15) is 0 Å². The molecule has 0 saturated heterocycles. The van der Waals surface area contributed by atoms with Crippen LogP contribution in [0.25, 0.3) is 0 Å². The Labute approximate surface area is 366 Å². The van der Waals surface area contributed by atoms with Crippen molar-refractivity contribution in [3.63, 3.8) is 0 Å². The number of guanidine groups is 4. The van der Waals surface area contributed by atoms with E-state index in [9.17, 15) is 4.79 Å². The summed E-state index contributed by atoms with van der Waals surface area (Å²) >= 11 is 0. The van der Waals surface area contributed by atoms with Crippen molar-refractivity contribution in [3.8, 4) is 0 Å². The number of nitrogens with two attached hydrogens (primary N) is 6. The van der Waals surface area contributed by atoms with Crippen molar-refractivity contribution in [3.05, 3.63) is 24.6 Å². The van der Waals surface area contributed by atoms with Crippen molar-refractivity contribution in [1.29, 1.82) is 0 Å². The van der Waals surface area contributed by atoms with Gasteiger partial charge in [0.25, 0.3) is 0 Å². The second-order valence-electron chi connectivity index (χ2n) is 16.1. The van der Waals surface area contributed by atoms with E-state index in [0.717, 1.165) is 218 Å². The maximum absolute atomic E-state index is 14.3. The molecule has 0 fully saturated rings. The van der Waals surface area contributed by atoms with Gasteiger partial charge in [0, 0.05) is 63.8 Å². The summed E-state index contributed by atoms with van der Waals surface area (Å²) in [7, 11) is 0. The van der Waals surface area contributed by atoms with E-state index in [1.165, 1.54) is 0 Å². The Hall–Kier alpha value is -4.17. The molecule has 0 aliphatic heterocycles. The number of unbranched alkanes of at least 4 members (excludes halogenated alkanes) is 20. The molecule has 15 nitrogen and oxygen atoms in total. The number of rotatable bonds is 40. The Morgan fingerprint density at radius 1 is 0.400 bits per heavy atom. The van der Waals surface area contributed by atoms with Crippen molar-refractivity contribution in [2.75, 3.05) is 52.4 Å². The first-order chi connectivity index (χ1) is 29.0. The lowest BCUT2D eigenvalue weighted by atomic mass is 10.1. The smallest absolute Gasteiger partial charge is 0.319 e. The van der Waals surface area contributed by atoms with Crippen molar-refractivity contribution < 1.29 is 4.79 Å². The molecular weight excluding hydrogens is 753 g/mol. The molecule has 0 radical (unpaired) electrons. The molecule has 0 aliphatic rings. The van der Waals surface area contributed by atoms with Gasteiger partial charge in [0.15, 0.2) is 23.8 Å². The summed E-state index contributed by atoms with van der Waals surface area (Å²) in [6.45, 7) is 18.0. The van der Waals surface area contributed by atoms with Gasteiger partial charge in [0.1, 0.15) is 0 Å². The van der Waals surface area contributed by atoms with Crippen LogP contribution in [-0.4, -0.2) is 92.0 Å². The largest absolute Gasteiger partial charge is 0.370 e. The summed E-state index contributed by atoms with van der Waals surface area (Å²) in [6, 6.07) is 0.217. The second kappa shape index (κ2) is 40.2. The summed E-state index contributed by atoms with van der Waals surface area (Å²) in [5.74, 6) is 1.22. The molecule has 0 atom stereocenters. The Kier molecular flexibility index (Phi) is 37.4. The van der Waals surface area contributed by atoms with Crippen LogP contribution >= 0.6 is 0 Å². The second-order valence-corrected chi connectivity index (χ2v) is 16.1. The average Bonchev–Trinajstić information content (AvgIpc) is 3.21. The third-order valence-corrected chi connectivity index (χ3v) is 10.5. The highest BCUT2D eigenvalue weighted by Gasteiger charge is 2.20. The first-order valence-corrected chi connectivity index (χ1v) is 23.6. The predicted molar refractivity (Wildman–Crippen MR) is 259 cm³/mol. The van der Waals surface area contributed by atoms with Gasteiger partial charge in [-0.1, -0.05) is 130 Å². The standard InChI is InChI=1S/C45H92N14O/c1-5-39(3)56-43(50)54-33-25-17-9-13-21-29-37-58(35-27-19-11-7-15-23-31-52-41(46)47)45(60)59(36-28-20-12-8-16-24-32-53-42(48)49)38-30-22-14-10-18-26-34-55-44(51)57-40(4)6-2/h3-38H2,1-2H3,(H4,46,47,52)(H4,48,49,53)(H3,50,54,56)(H3,51,55,57). The van der Waals surface area contributed by atoms with Crippen molar-refractivity contribution in [2.24, 2.45) is 54.4 Å². The van der Waals surface area contributed by atoms with Crippen LogP contribution in [0.15, 0.2) is 44.5 Å². The van der Waals surface area contributed by atoms with Gasteiger partial charge in [-0.3, -0.25) is 20.0 Å². The van der Waals surface area contributed by atoms with Gasteiger partial charge < -0.3 is 54.8 Å². The van der Waals surface area contributed by atoms with Crippen LogP contribution in [0.5, 0.6) is 0 Å². The van der Waals surface area contributed by atoms with Crippen molar-refractivity contribution in [1.82, 2.24) is 20.4 Å². The normalized spacial score (nSPS) is 11.6. The molecule has 0 aromatic heterocycles. The number of hydrogen-bond acceptors (Lipinski definition) is 5. The zero-order chi connectivity index (χ0) is 44.5. The minimum Gasteiger partial charge on any atom is -0.370 e. The van der Waals surface area contributed by atoms with E-state index in [0.29, 0.717) is 25.0 Å². The van der Waals surface area contributed by atoms with E-state index in [1.807, 2.05) is 13.8 Å². The molecule has 0 saturated carbocycles. The molecule has 0 aromatic rings. The van der Waals surface area contributed by atoms with E-state index in [1.54, 1.807) is 0 Å². The molecule has 0 bridgehead atoms. The van der Waals surface area contributed by atoms with Crippen LogP contribution in [0.1, 0.15) is 181 Å². The number of urea groups is 1. The van der Waals surface area contributed by atoms with E-state index in [4.69, 9.17) is 34.4 Å². The van der Waals surface area contributed by atoms with Gasteiger partial charge >= 0.3 is 6.03 Å². The molecule has 0 unspecified atom stereocenters. The van der Waals surface area contributed by atoms with E-state index in [-0.39, 0.29) is 18.0 Å². The molecule has 0 heterocycles. The van der Waals surface area contributed by atoms with Crippen LogP contribution in [0.4, 0.5) is 4.79 Å². The number of carbonyl (C=O) groups excluding carboxylic acids is 1. The quantitative estimate of drug-likeness (QED) is 0.0175. The lowest BCUT2D eigenvalue weighted by Gasteiger charge is -2.31. The lowest BCUT2D eigenvalue weighted by Crippen LogP contribution is -2.45. The summed E-state index contributed by atoms with van der Waals surface area (Å²) in [6.07, 6.45) is 28.0. The van der Waals surface area contributed by atoms with Crippen LogP contribution in [0.3, 0.4) is 0 Å². The number of nitrogens with zero attached hydrogens (tertiary/aromatic N) is 6. The van der Waals surface area contributed by atoms with E-state index in [2.05, 4.69) is 53.6 Å². The van der Waals surface area contributed by atoms with Gasteiger partial charge in [0.05, 0.1) is 0 Å². The SMILES string of the molecule is C=C(CC)NC(N)=NCCCCCCCCN(CCCCCCCCN=C(N)N)C(=O)N(CCCCCCCCN=C(N)N)CCCCCCCCN=C(N)NC(=C)CC. The van der Waals surface area contributed by atoms with Crippen molar-refractivity contribution in [2.45, 2.75) is 181 Å². The molecule has 0 rings (SSSR count). The van der Waals surface area contributed by atoms with E-state index >= 15 is 0 Å². The van der Waals surface area contributed by atoms with Crippen LogP contribution in [-0.2, 0) is 0 Å². The number of amides is 2. The number of carbonyl (C=O) groups is 1. The molecule has 2 amide bonds. The average molecular weight is 845 g/mol. The van der Waals surface area contributed by atoms with Crippen LogP contribution < -0.4 is 45.0 Å². The Morgan fingerprint density at radius 2 is 0.633 bits per heavy atom. The molecule has 0 aromatic carbocycles. The Bertz CT molecular complexity index is 1120. The van der Waals surface area contributed by atoms with Crippen LogP contribution in [0.2, 0.25) is 0 Å². The fraction of sp³-hybridized carbons (Fsp3) is 0.800. The van der Waals surface area contributed by atoms with E-state index < -0.39 is 0 Å². The summed E-state index contributed by atoms with van der Waals surface area (Å²) < 4.78 is 0. The highest BCUT2D eigenvalue weighted by molar-refractivity contribution is 5.80. The molecule has 15 heteroatoms. The van der Waals surface area contributed by atoms with Gasteiger partial charge in [-0.15, -0.1) is 0 Å². The summed E-state index contributed by atoms with van der Waals surface area (Å²) in [5, 5.41) is 6.08. The topological polar surface area (TPSA) is 253 Å². The van der Waals surface area contributed by atoms with Crippen LogP contribution in [0, 0.1) is 0 Å². The molecule has 348 valence electrons. The molecule has 0 spiro atoms. The number of aliphatic imine (C=N–C) groups is 4. The predicted octanol–water partition coefficient (Wildman–Crippen LogP) is 7.28. The molecule has 0 aliphatic carbocycles. The third kappa shape index (κ3) is 36.9. The first-order valence-electron chi connectivity index (χ1n) is 23.6. The minimum atomic E-state index is 0.162. The maximum Gasteiger partial charge on any atom is 0.319 e. The molecular formula is C45H92N14O. The maximum atomic E-state index is 14.3.